The number of thiazole rings is 1. The van der Waals surface area contributed by atoms with Crippen LogP contribution in [0.4, 0.5) is 5.13 Å². The smallest absolute Gasteiger partial charge is 0.226 e. The first-order chi connectivity index (χ1) is 9.79. The number of nitrogens with zero attached hydrogens (tertiary/aromatic N) is 1. The lowest BCUT2D eigenvalue weighted by Crippen LogP contribution is -2.10. The third-order valence-corrected chi connectivity index (χ3v) is 3.64. The molecule has 0 aliphatic heterocycles. The summed E-state index contributed by atoms with van der Waals surface area (Å²) in [7, 11) is 0. The van der Waals surface area contributed by atoms with Crippen molar-refractivity contribution in [3.8, 4) is 11.5 Å². The molecule has 0 bridgehead atoms. The van der Waals surface area contributed by atoms with E-state index in [4.69, 9.17) is 10.2 Å². The highest BCUT2D eigenvalue weighted by Gasteiger charge is 2.09. The van der Waals surface area contributed by atoms with Crippen molar-refractivity contribution in [2.45, 2.75) is 32.1 Å². The van der Waals surface area contributed by atoms with Crippen LogP contribution in [0.25, 0.3) is 11.5 Å². The van der Waals surface area contributed by atoms with E-state index in [-0.39, 0.29) is 18.3 Å². The van der Waals surface area contributed by atoms with Gasteiger partial charge in [0.2, 0.25) is 5.91 Å². The molecule has 7 heteroatoms. The summed E-state index contributed by atoms with van der Waals surface area (Å²) in [6, 6.07) is 3.66. The van der Waals surface area contributed by atoms with Crippen molar-refractivity contribution >= 4 is 34.8 Å². The molecule has 21 heavy (non-hydrogen) atoms. The van der Waals surface area contributed by atoms with Gasteiger partial charge in [0.1, 0.15) is 5.69 Å². The Morgan fingerprint density at radius 1 is 1.33 bits per heavy atom. The summed E-state index contributed by atoms with van der Waals surface area (Å²) in [5.41, 5.74) is 6.17. The summed E-state index contributed by atoms with van der Waals surface area (Å²) in [5, 5.41) is 5.30. The van der Waals surface area contributed by atoms with Gasteiger partial charge in [-0.3, -0.25) is 4.79 Å². The molecule has 1 amide bonds. The summed E-state index contributed by atoms with van der Waals surface area (Å²) >= 11 is 1.40. The highest BCUT2D eigenvalue weighted by atomic mass is 35.5. The second kappa shape index (κ2) is 9.55. The lowest BCUT2D eigenvalue weighted by molar-refractivity contribution is -0.116. The lowest BCUT2D eigenvalue weighted by atomic mass is 10.1. The zero-order valence-corrected chi connectivity index (χ0v) is 13.3. The number of halogens is 1. The summed E-state index contributed by atoms with van der Waals surface area (Å²) in [4.78, 5) is 16.1. The molecule has 0 aliphatic carbocycles. The van der Waals surface area contributed by atoms with Crippen molar-refractivity contribution in [3.63, 3.8) is 0 Å². The van der Waals surface area contributed by atoms with Crippen molar-refractivity contribution < 1.29 is 9.21 Å². The monoisotopic (exact) mass is 329 g/mol. The Bertz CT molecular complexity index is 528. The van der Waals surface area contributed by atoms with Crippen molar-refractivity contribution in [3.05, 3.63) is 23.8 Å². The predicted octanol–water partition coefficient (Wildman–Crippen LogP) is 3.67. The molecule has 0 spiro atoms. The summed E-state index contributed by atoms with van der Waals surface area (Å²) in [6.45, 7) is 0.723. The lowest BCUT2D eigenvalue weighted by Gasteiger charge is -2.01. The van der Waals surface area contributed by atoms with Gasteiger partial charge in [0.05, 0.1) is 6.26 Å². The largest absolute Gasteiger partial charge is 0.463 e. The molecule has 0 aliphatic rings. The second-order valence-electron chi connectivity index (χ2n) is 4.52. The number of nitrogens with two attached hydrogens (primary N) is 1. The molecule has 0 fully saturated rings. The van der Waals surface area contributed by atoms with E-state index in [1.165, 1.54) is 11.3 Å². The Labute approximate surface area is 134 Å². The van der Waals surface area contributed by atoms with E-state index < -0.39 is 0 Å². The van der Waals surface area contributed by atoms with E-state index in [0.29, 0.717) is 17.3 Å². The van der Waals surface area contributed by atoms with Crippen LogP contribution in [0.5, 0.6) is 0 Å². The molecular weight excluding hydrogens is 310 g/mol. The van der Waals surface area contributed by atoms with Crippen LogP contribution in [-0.2, 0) is 4.79 Å². The van der Waals surface area contributed by atoms with Crippen LogP contribution < -0.4 is 11.1 Å². The van der Waals surface area contributed by atoms with Crippen LogP contribution in [0.2, 0.25) is 0 Å². The van der Waals surface area contributed by atoms with Crippen LogP contribution >= 0.6 is 23.7 Å². The predicted molar refractivity (Wildman–Crippen MR) is 87.8 cm³/mol. The molecular formula is C14H20ClN3O2S. The quantitative estimate of drug-likeness (QED) is 0.724. The molecule has 0 radical (unpaired) electrons. The van der Waals surface area contributed by atoms with E-state index in [1.54, 1.807) is 6.26 Å². The standard InChI is InChI=1S/C14H19N3O2S.ClH/c15-8-4-2-1-3-7-13(18)17-14-16-11(10-20-14)12-6-5-9-19-12;/h5-6,9-10H,1-4,7-8,15H2,(H,16,17,18);1H. The van der Waals surface area contributed by atoms with Crippen molar-refractivity contribution in [2.75, 3.05) is 11.9 Å². The Morgan fingerprint density at radius 3 is 2.86 bits per heavy atom. The Morgan fingerprint density at radius 2 is 2.14 bits per heavy atom. The van der Waals surface area contributed by atoms with Gasteiger partial charge in [-0.25, -0.2) is 4.98 Å². The minimum atomic E-state index is 0. The second-order valence-corrected chi connectivity index (χ2v) is 5.37. The minimum absolute atomic E-state index is 0. The minimum Gasteiger partial charge on any atom is -0.463 e. The summed E-state index contributed by atoms with van der Waals surface area (Å²) in [5.74, 6) is 0.724. The van der Waals surface area contributed by atoms with Gasteiger partial charge in [-0.2, -0.15) is 0 Å². The molecule has 2 heterocycles. The fourth-order valence-electron chi connectivity index (χ4n) is 1.83. The Balaban J connectivity index is 0.00000220. The number of amides is 1. The van der Waals surface area contributed by atoms with Crippen molar-refractivity contribution in [1.29, 1.82) is 0 Å². The van der Waals surface area contributed by atoms with Crippen LogP contribution in [-0.4, -0.2) is 17.4 Å². The maximum absolute atomic E-state index is 11.7. The summed E-state index contributed by atoms with van der Waals surface area (Å²) < 4.78 is 5.26. The number of carbonyl (C=O) groups excluding carboxylic acids is 1. The van der Waals surface area contributed by atoms with Gasteiger partial charge in [-0.05, 0) is 31.5 Å². The van der Waals surface area contributed by atoms with Gasteiger partial charge in [0.15, 0.2) is 10.9 Å². The fraction of sp³-hybridized carbons (Fsp3) is 0.429. The van der Waals surface area contributed by atoms with Gasteiger partial charge in [-0.15, -0.1) is 23.7 Å². The molecule has 116 valence electrons. The molecule has 5 nitrogen and oxygen atoms in total. The third kappa shape index (κ3) is 5.87. The van der Waals surface area contributed by atoms with Crippen LogP contribution in [0.3, 0.4) is 0 Å². The first-order valence-corrected chi connectivity index (χ1v) is 7.67. The maximum atomic E-state index is 11.7. The van der Waals surface area contributed by atoms with E-state index >= 15 is 0 Å². The molecule has 2 aromatic rings. The number of rotatable bonds is 8. The van der Waals surface area contributed by atoms with E-state index in [9.17, 15) is 4.79 Å². The van der Waals surface area contributed by atoms with Gasteiger partial charge in [-0.1, -0.05) is 12.8 Å². The van der Waals surface area contributed by atoms with Crippen LogP contribution in [0.1, 0.15) is 32.1 Å². The fourth-order valence-corrected chi connectivity index (χ4v) is 2.55. The van der Waals surface area contributed by atoms with Gasteiger partial charge >= 0.3 is 0 Å². The number of furan rings is 1. The number of anilines is 1. The third-order valence-electron chi connectivity index (χ3n) is 2.88. The van der Waals surface area contributed by atoms with Gasteiger partial charge < -0.3 is 15.5 Å². The first kappa shape index (κ1) is 17.7. The zero-order chi connectivity index (χ0) is 14.2. The number of nitrogens with one attached hydrogen (secondary N) is 1. The Kier molecular flexibility index (Phi) is 8.04. The highest BCUT2D eigenvalue weighted by molar-refractivity contribution is 7.14. The molecule has 0 saturated heterocycles. The van der Waals surface area contributed by atoms with Gasteiger partial charge in [0, 0.05) is 11.8 Å². The van der Waals surface area contributed by atoms with E-state index in [0.717, 1.165) is 37.9 Å². The molecule has 0 saturated carbocycles. The Hall–Kier alpha value is -1.37. The SMILES string of the molecule is Cl.NCCCCCCC(=O)Nc1nc(-c2ccco2)cs1. The normalized spacial score (nSPS) is 10.1. The summed E-state index contributed by atoms with van der Waals surface area (Å²) in [6.07, 6.45) is 6.18. The van der Waals surface area contributed by atoms with Crippen LogP contribution in [0.15, 0.2) is 28.2 Å². The molecule has 0 atom stereocenters. The van der Waals surface area contributed by atoms with Crippen LogP contribution in [0, 0.1) is 0 Å². The van der Waals surface area contributed by atoms with Crippen molar-refractivity contribution in [2.24, 2.45) is 5.73 Å². The van der Waals surface area contributed by atoms with Crippen molar-refractivity contribution in [1.82, 2.24) is 4.98 Å². The van der Waals surface area contributed by atoms with E-state index in [1.807, 2.05) is 17.5 Å². The molecule has 2 aromatic heterocycles. The molecule has 3 N–H and O–H groups in total. The number of unbranched alkanes of at least 4 members (excludes halogenated alkanes) is 3. The topological polar surface area (TPSA) is 81.2 Å². The first-order valence-electron chi connectivity index (χ1n) is 6.79. The molecule has 0 aromatic carbocycles. The zero-order valence-electron chi connectivity index (χ0n) is 11.7. The molecule has 2 rings (SSSR count). The highest BCUT2D eigenvalue weighted by Crippen LogP contribution is 2.25. The number of hydrogen-bond donors (Lipinski definition) is 2. The van der Waals surface area contributed by atoms with E-state index in [2.05, 4.69) is 10.3 Å². The number of carbonyl (C=O) groups is 1. The van der Waals surface area contributed by atoms with Gasteiger partial charge in [0.25, 0.3) is 0 Å². The average Bonchev–Trinajstić information content (AvgIpc) is 3.08. The molecule has 0 unspecified atom stereocenters. The maximum Gasteiger partial charge on any atom is 0.226 e. The average molecular weight is 330 g/mol. The number of hydrogen-bond acceptors (Lipinski definition) is 5. The number of aromatic nitrogens is 1.